The summed E-state index contributed by atoms with van der Waals surface area (Å²) in [4.78, 5) is 4.23. The normalized spacial score (nSPS) is 13.3. The van der Waals surface area contributed by atoms with E-state index in [-0.39, 0.29) is 0 Å². The molecule has 0 saturated heterocycles. The highest BCUT2D eigenvalue weighted by Gasteiger charge is 2.08. The Hall–Kier alpha value is -0.830. The number of aromatic nitrogens is 2. The van der Waals surface area contributed by atoms with Gasteiger partial charge in [-0.2, -0.15) is 0 Å². The summed E-state index contributed by atoms with van der Waals surface area (Å²) >= 11 is 0. The molecule has 1 aromatic rings. The van der Waals surface area contributed by atoms with Crippen molar-refractivity contribution in [2.45, 2.75) is 52.6 Å². The molecule has 16 heavy (non-hydrogen) atoms. The SMILES string of the molecule is CNCc1cncn1C(C)CCCC(C)C. The minimum absolute atomic E-state index is 0.560. The summed E-state index contributed by atoms with van der Waals surface area (Å²) in [5.41, 5.74) is 1.28. The van der Waals surface area contributed by atoms with Crippen LogP contribution < -0.4 is 5.32 Å². The molecular weight excluding hydrogens is 198 g/mol. The first-order chi connectivity index (χ1) is 7.65. The zero-order valence-corrected chi connectivity index (χ0v) is 11.0. The van der Waals surface area contributed by atoms with Crippen molar-refractivity contribution < 1.29 is 0 Å². The highest BCUT2D eigenvalue weighted by molar-refractivity contribution is 4.99. The monoisotopic (exact) mass is 223 g/mol. The van der Waals surface area contributed by atoms with E-state index in [0.717, 1.165) is 12.5 Å². The standard InChI is InChI=1S/C13H25N3/c1-11(2)6-5-7-12(3)16-10-15-9-13(16)8-14-4/h9-12,14H,5-8H2,1-4H3. The Morgan fingerprint density at radius 3 is 2.69 bits per heavy atom. The van der Waals surface area contributed by atoms with E-state index in [4.69, 9.17) is 0 Å². The second-order valence-corrected chi connectivity index (χ2v) is 5.00. The Morgan fingerprint density at radius 1 is 1.31 bits per heavy atom. The molecule has 0 amide bonds. The summed E-state index contributed by atoms with van der Waals surface area (Å²) in [5, 5.41) is 3.18. The molecule has 1 aromatic heterocycles. The number of nitrogens with one attached hydrogen (secondary N) is 1. The lowest BCUT2D eigenvalue weighted by Gasteiger charge is -2.17. The second kappa shape index (κ2) is 6.69. The molecule has 0 saturated carbocycles. The molecule has 1 unspecified atom stereocenters. The maximum absolute atomic E-state index is 4.23. The molecule has 1 atom stereocenters. The van der Waals surface area contributed by atoms with E-state index in [9.17, 15) is 0 Å². The van der Waals surface area contributed by atoms with Gasteiger partial charge in [-0.15, -0.1) is 0 Å². The van der Waals surface area contributed by atoms with Gasteiger partial charge >= 0.3 is 0 Å². The molecule has 3 nitrogen and oxygen atoms in total. The number of hydrogen-bond acceptors (Lipinski definition) is 2. The molecule has 0 aliphatic rings. The van der Waals surface area contributed by atoms with Gasteiger partial charge in [-0.1, -0.05) is 26.7 Å². The van der Waals surface area contributed by atoms with Crippen LogP contribution in [0.25, 0.3) is 0 Å². The van der Waals surface area contributed by atoms with Crippen LogP contribution in [0.15, 0.2) is 12.5 Å². The zero-order chi connectivity index (χ0) is 12.0. The first kappa shape index (κ1) is 13.2. The fourth-order valence-electron chi connectivity index (χ4n) is 2.01. The van der Waals surface area contributed by atoms with E-state index in [2.05, 4.69) is 35.6 Å². The topological polar surface area (TPSA) is 29.9 Å². The Balaban J connectivity index is 2.45. The third kappa shape index (κ3) is 3.97. The van der Waals surface area contributed by atoms with Crippen molar-refractivity contribution in [3.05, 3.63) is 18.2 Å². The lowest BCUT2D eigenvalue weighted by atomic mass is 10.0. The summed E-state index contributed by atoms with van der Waals surface area (Å²) < 4.78 is 2.29. The molecule has 0 fully saturated rings. The van der Waals surface area contributed by atoms with E-state index in [0.29, 0.717) is 6.04 Å². The van der Waals surface area contributed by atoms with E-state index in [1.807, 2.05) is 19.6 Å². The van der Waals surface area contributed by atoms with Crippen LogP contribution in [0.4, 0.5) is 0 Å². The van der Waals surface area contributed by atoms with Crippen molar-refractivity contribution in [3.8, 4) is 0 Å². The zero-order valence-electron chi connectivity index (χ0n) is 11.0. The molecule has 0 spiro atoms. The highest BCUT2D eigenvalue weighted by Crippen LogP contribution is 2.18. The summed E-state index contributed by atoms with van der Waals surface area (Å²) in [5.74, 6) is 0.812. The Bertz CT molecular complexity index is 291. The van der Waals surface area contributed by atoms with E-state index >= 15 is 0 Å². The molecule has 1 N–H and O–H groups in total. The van der Waals surface area contributed by atoms with Crippen molar-refractivity contribution in [2.75, 3.05) is 7.05 Å². The molecule has 0 bridgehead atoms. The van der Waals surface area contributed by atoms with Gasteiger partial charge in [0.25, 0.3) is 0 Å². The summed E-state index contributed by atoms with van der Waals surface area (Å²) in [6.07, 6.45) is 7.77. The second-order valence-electron chi connectivity index (χ2n) is 5.00. The van der Waals surface area contributed by atoms with Gasteiger partial charge in [0.05, 0.1) is 12.0 Å². The molecule has 0 aliphatic carbocycles. The maximum atomic E-state index is 4.23. The molecular formula is C13H25N3. The molecule has 1 rings (SSSR count). The van der Waals surface area contributed by atoms with Gasteiger partial charge in [0.15, 0.2) is 0 Å². The number of nitrogens with zero attached hydrogens (tertiary/aromatic N) is 2. The molecule has 1 heterocycles. The van der Waals surface area contributed by atoms with Crippen LogP contribution in [0.5, 0.6) is 0 Å². The molecule has 0 aromatic carbocycles. The molecule has 0 aliphatic heterocycles. The summed E-state index contributed by atoms with van der Waals surface area (Å²) in [6.45, 7) is 7.75. The van der Waals surface area contributed by atoms with Crippen molar-refractivity contribution >= 4 is 0 Å². The highest BCUT2D eigenvalue weighted by atomic mass is 15.1. The van der Waals surface area contributed by atoms with Crippen LogP contribution in [0.1, 0.15) is 51.8 Å². The van der Waals surface area contributed by atoms with Gasteiger partial charge in [-0.3, -0.25) is 0 Å². The fraction of sp³-hybridized carbons (Fsp3) is 0.769. The first-order valence-electron chi connectivity index (χ1n) is 6.30. The minimum Gasteiger partial charge on any atom is -0.331 e. The predicted octanol–water partition coefficient (Wildman–Crippen LogP) is 2.99. The van der Waals surface area contributed by atoms with Crippen LogP contribution in [-0.4, -0.2) is 16.6 Å². The Labute approximate surface area is 99.3 Å². The fourth-order valence-corrected chi connectivity index (χ4v) is 2.01. The van der Waals surface area contributed by atoms with E-state index in [1.165, 1.54) is 25.0 Å². The van der Waals surface area contributed by atoms with Gasteiger partial charge in [0.2, 0.25) is 0 Å². The molecule has 92 valence electrons. The lowest BCUT2D eigenvalue weighted by molar-refractivity contribution is 0.436. The van der Waals surface area contributed by atoms with Gasteiger partial charge < -0.3 is 9.88 Å². The average Bonchev–Trinajstić information content (AvgIpc) is 2.66. The van der Waals surface area contributed by atoms with Crippen LogP contribution in [0.2, 0.25) is 0 Å². The summed E-state index contributed by atoms with van der Waals surface area (Å²) in [7, 11) is 1.97. The van der Waals surface area contributed by atoms with Crippen LogP contribution in [-0.2, 0) is 6.54 Å². The van der Waals surface area contributed by atoms with Crippen molar-refractivity contribution in [1.29, 1.82) is 0 Å². The smallest absolute Gasteiger partial charge is 0.0951 e. The Morgan fingerprint density at radius 2 is 2.06 bits per heavy atom. The predicted molar refractivity (Wildman–Crippen MR) is 68.4 cm³/mol. The van der Waals surface area contributed by atoms with Gasteiger partial charge in [-0.05, 0) is 26.3 Å². The van der Waals surface area contributed by atoms with Crippen LogP contribution in [0, 0.1) is 5.92 Å². The third-order valence-corrected chi connectivity index (χ3v) is 2.98. The van der Waals surface area contributed by atoms with Crippen molar-refractivity contribution in [2.24, 2.45) is 5.92 Å². The van der Waals surface area contributed by atoms with Crippen molar-refractivity contribution in [3.63, 3.8) is 0 Å². The molecule has 0 radical (unpaired) electrons. The lowest BCUT2D eigenvalue weighted by Crippen LogP contribution is -2.13. The van der Waals surface area contributed by atoms with Crippen LogP contribution in [0.3, 0.4) is 0 Å². The van der Waals surface area contributed by atoms with Crippen LogP contribution >= 0.6 is 0 Å². The van der Waals surface area contributed by atoms with E-state index < -0.39 is 0 Å². The largest absolute Gasteiger partial charge is 0.331 e. The van der Waals surface area contributed by atoms with Gasteiger partial charge in [-0.25, -0.2) is 4.98 Å². The first-order valence-corrected chi connectivity index (χ1v) is 6.30. The number of hydrogen-bond donors (Lipinski definition) is 1. The van der Waals surface area contributed by atoms with Gasteiger partial charge in [0, 0.05) is 18.8 Å². The number of rotatable bonds is 7. The Kier molecular flexibility index (Phi) is 5.53. The average molecular weight is 223 g/mol. The summed E-state index contributed by atoms with van der Waals surface area (Å²) in [6, 6.07) is 0.560. The quantitative estimate of drug-likeness (QED) is 0.770. The van der Waals surface area contributed by atoms with E-state index in [1.54, 1.807) is 0 Å². The molecule has 3 heteroatoms. The maximum Gasteiger partial charge on any atom is 0.0951 e. The third-order valence-electron chi connectivity index (χ3n) is 2.98. The number of imidazole rings is 1. The van der Waals surface area contributed by atoms with Gasteiger partial charge in [0.1, 0.15) is 0 Å². The van der Waals surface area contributed by atoms with Crippen molar-refractivity contribution in [1.82, 2.24) is 14.9 Å². The minimum atomic E-state index is 0.560.